The standard InChI is InChI=1S/C16H11Cl2N3O2S/c17-11-6-10(13(22)12(18)7-11)8-19-14(23)16-21-20-15(24-16)9-4-2-1-3-5-9/h1-7,22H,8H2,(H,19,23). The van der Waals surface area contributed by atoms with Crippen LogP contribution in [0.15, 0.2) is 42.5 Å². The molecule has 0 aliphatic rings. The van der Waals surface area contributed by atoms with Gasteiger partial charge in [0.25, 0.3) is 5.91 Å². The Morgan fingerprint density at radius 2 is 1.92 bits per heavy atom. The number of halogens is 2. The number of carbonyl (C=O) groups is 1. The molecular weight excluding hydrogens is 369 g/mol. The van der Waals surface area contributed by atoms with Crippen molar-refractivity contribution in [2.75, 3.05) is 0 Å². The van der Waals surface area contributed by atoms with Gasteiger partial charge < -0.3 is 10.4 Å². The minimum Gasteiger partial charge on any atom is -0.506 e. The summed E-state index contributed by atoms with van der Waals surface area (Å²) in [5, 5.41) is 21.9. The van der Waals surface area contributed by atoms with Crippen LogP contribution in [0.3, 0.4) is 0 Å². The first-order valence-corrected chi connectivity index (χ1v) is 8.46. The van der Waals surface area contributed by atoms with Crippen LogP contribution >= 0.6 is 34.5 Å². The second-order valence-corrected chi connectivity index (χ2v) is 6.68. The summed E-state index contributed by atoms with van der Waals surface area (Å²) in [7, 11) is 0. The number of nitrogens with zero attached hydrogens (tertiary/aromatic N) is 2. The minimum atomic E-state index is -0.384. The Labute approximate surface area is 151 Å². The van der Waals surface area contributed by atoms with Crippen molar-refractivity contribution in [3.63, 3.8) is 0 Å². The highest BCUT2D eigenvalue weighted by Crippen LogP contribution is 2.31. The molecule has 0 saturated heterocycles. The van der Waals surface area contributed by atoms with Crippen molar-refractivity contribution in [3.05, 3.63) is 63.1 Å². The molecule has 0 radical (unpaired) electrons. The van der Waals surface area contributed by atoms with Gasteiger partial charge in [-0.15, -0.1) is 10.2 Å². The second-order valence-electron chi connectivity index (χ2n) is 4.86. The number of rotatable bonds is 4. The number of hydrogen-bond donors (Lipinski definition) is 2. The van der Waals surface area contributed by atoms with E-state index in [4.69, 9.17) is 23.2 Å². The summed E-state index contributed by atoms with van der Waals surface area (Å²) in [6.07, 6.45) is 0. The summed E-state index contributed by atoms with van der Waals surface area (Å²) in [4.78, 5) is 12.2. The first-order chi connectivity index (χ1) is 11.5. The molecule has 3 rings (SSSR count). The zero-order valence-electron chi connectivity index (χ0n) is 12.2. The fourth-order valence-corrected chi connectivity index (χ4v) is 3.32. The highest BCUT2D eigenvalue weighted by molar-refractivity contribution is 7.16. The van der Waals surface area contributed by atoms with Crippen molar-refractivity contribution in [2.45, 2.75) is 6.54 Å². The van der Waals surface area contributed by atoms with Crippen molar-refractivity contribution >= 4 is 40.4 Å². The lowest BCUT2D eigenvalue weighted by Gasteiger charge is -2.07. The van der Waals surface area contributed by atoms with E-state index in [-0.39, 0.29) is 28.2 Å². The van der Waals surface area contributed by atoms with Crippen molar-refractivity contribution in [1.82, 2.24) is 15.5 Å². The van der Waals surface area contributed by atoms with Crippen molar-refractivity contribution in [2.24, 2.45) is 0 Å². The lowest BCUT2D eigenvalue weighted by atomic mass is 10.2. The van der Waals surface area contributed by atoms with Gasteiger partial charge in [-0.1, -0.05) is 64.9 Å². The highest BCUT2D eigenvalue weighted by atomic mass is 35.5. The molecule has 0 unspecified atom stereocenters. The van der Waals surface area contributed by atoms with Crippen LogP contribution in [0.5, 0.6) is 5.75 Å². The van der Waals surface area contributed by atoms with Gasteiger partial charge in [0.05, 0.1) is 5.02 Å². The van der Waals surface area contributed by atoms with Gasteiger partial charge in [0, 0.05) is 22.7 Å². The van der Waals surface area contributed by atoms with E-state index in [1.807, 2.05) is 30.3 Å². The van der Waals surface area contributed by atoms with Crippen molar-refractivity contribution in [3.8, 4) is 16.3 Å². The maximum atomic E-state index is 12.2. The summed E-state index contributed by atoms with van der Waals surface area (Å²) in [6, 6.07) is 12.5. The van der Waals surface area contributed by atoms with Gasteiger partial charge in [0.1, 0.15) is 10.8 Å². The Hall–Kier alpha value is -2.15. The Morgan fingerprint density at radius 3 is 2.67 bits per heavy atom. The van der Waals surface area contributed by atoms with Crippen LogP contribution in [0.1, 0.15) is 15.4 Å². The molecule has 0 fully saturated rings. The van der Waals surface area contributed by atoms with Crippen LogP contribution in [0.2, 0.25) is 10.0 Å². The third-order valence-corrected chi connectivity index (χ3v) is 4.66. The number of phenols is 1. The van der Waals surface area contributed by atoms with Gasteiger partial charge in [-0.3, -0.25) is 4.79 Å². The van der Waals surface area contributed by atoms with Crippen LogP contribution in [-0.2, 0) is 6.54 Å². The number of aromatic hydroxyl groups is 1. The van der Waals surface area contributed by atoms with E-state index in [0.29, 0.717) is 15.6 Å². The number of aromatic nitrogens is 2. The zero-order chi connectivity index (χ0) is 17.1. The lowest BCUT2D eigenvalue weighted by Crippen LogP contribution is -2.22. The average molecular weight is 380 g/mol. The summed E-state index contributed by atoms with van der Waals surface area (Å²) < 4.78 is 0. The van der Waals surface area contributed by atoms with Crippen LogP contribution in [-0.4, -0.2) is 21.2 Å². The maximum absolute atomic E-state index is 12.2. The molecule has 0 bridgehead atoms. The minimum absolute atomic E-state index is 0.0746. The van der Waals surface area contributed by atoms with Gasteiger partial charge in [-0.2, -0.15) is 0 Å². The molecule has 8 heteroatoms. The van der Waals surface area contributed by atoms with Gasteiger partial charge in [-0.25, -0.2) is 0 Å². The summed E-state index contributed by atoms with van der Waals surface area (Å²) >= 11 is 12.9. The Bertz CT molecular complexity index is 884. The fourth-order valence-electron chi connectivity index (χ4n) is 2.02. The normalized spacial score (nSPS) is 10.6. The Kier molecular flexibility index (Phi) is 4.99. The van der Waals surface area contributed by atoms with E-state index in [2.05, 4.69) is 15.5 Å². The number of amides is 1. The molecule has 2 aromatic carbocycles. The van der Waals surface area contributed by atoms with E-state index in [1.54, 1.807) is 6.07 Å². The quantitative estimate of drug-likeness (QED) is 0.713. The van der Waals surface area contributed by atoms with E-state index < -0.39 is 0 Å². The topological polar surface area (TPSA) is 75.1 Å². The number of carbonyl (C=O) groups excluding carboxylic acids is 1. The van der Waals surface area contributed by atoms with Crippen LogP contribution < -0.4 is 5.32 Å². The maximum Gasteiger partial charge on any atom is 0.282 e. The molecule has 1 aromatic heterocycles. The van der Waals surface area contributed by atoms with Crippen molar-refractivity contribution < 1.29 is 9.90 Å². The smallest absolute Gasteiger partial charge is 0.282 e. The molecule has 3 aromatic rings. The fraction of sp³-hybridized carbons (Fsp3) is 0.0625. The van der Waals surface area contributed by atoms with Crippen molar-refractivity contribution in [1.29, 1.82) is 0 Å². The van der Waals surface area contributed by atoms with Gasteiger partial charge in [-0.05, 0) is 12.1 Å². The third kappa shape index (κ3) is 3.67. The predicted octanol–water partition coefficient (Wildman–Crippen LogP) is 4.15. The first kappa shape index (κ1) is 16.7. The SMILES string of the molecule is O=C(NCc1cc(Cl)cc(Cl)c1O)c1nnc(-c2ccccc2)s1. The molecule has 1 heterocycles. The predicted molar refractivity (Wildman–Crippen MR) is 94.6 cm³/mol. The lowest BCUT2D eigenvalue weighted by molar-refractivity contribution is 0.0949. The van der Waals surface area contributed by atoms with E-state index in [9.17, 15) is 9.90 Å². The summed E-state index contributed by atoms with van der Waals surface area (Å²) in [6.45, 7) is 0.0746. The monoisotopic (exact) mass is 379 g/mol. The number of nitrogens with one attached hydrogen (secondary N) is 1. The molecule has 0 aliphatic carbocycles. The molecule has 5 nitrogen and oxygen atoms in total. The van der Waals surface area contributed by atoms with Gasteiger partial charge >= 0.3 is 0 Å². The molecule has 2 N–H and O–H groups in total. The van der Waals surface area contributed by atoms with Gasteiger partial charge in [0.2, 0.25) is 5.01 Å². The first-order valence-electron chi connectivity index (χ1n) is 6.88. The number of hydrogen-bond acceptors (Lipinski definition) is 5. The van der Waals surface area contributed by atoms with Gasteiger partial charge in [0.15, 0.2) is 0 Å². The van der Waals surface area contributed by atoms with E-state index in [1.165, 1.54) is 17.4 Å². The molecule has 0 saturated carbocycles. The molecule has 0 atom stereocenters. The Morgan fingerprint density at radius 1 is 1.17 bits per heavy atom. The molecule has 24 heavy (non-hydrogen) atoms. The average Bonchev–Trinajstić information content (AvgIpc) is 3.07. The highest BCUT2D eigenvalue weighted by Gasteiger charge is 2.15. The van der Waals surface area contributed by atoms with E-state index in [0.717, 1.165) is 5.56 Å². The van der Waals surface area contributed by atoms with E-state index >= 15 is 0 Å². The number of phenolic OH excluding ortho intramolecular Hbond substituents is 1. The molecule has 0 aliphatic heterocycles. The number of benzene rings is 2. The second kappa shape index (κ2) is 7.17. The Balaban J connectivity index is 1.71. The van der Waals surface area contributed by atoms with Crippen LogP contribution in [0.4, 0.5) is 0 Å². The molecule has 0 spiro atoms. The van der Waals surface area contributed by atoms with Crippen LogP contribution in [0, 0.1) is 0 Å². The largest absolute Gasteiger partial charge is 0.506 e. The summed E-state index contributed by atoms with van der Waals surface area (Å²) in [5.74, 6) is -0.492. The third-order valence-electron chi connectivity index (χ3n) is 3.19. The van der Waals surface area contributed by atoms with Crippen LogP contribution in [0.25, 0.3) is 10.6 Å². The molecular formula is C16H11Cl2N3O2S. The molecule has 1 amide bonds. The molecule has 122 valence electrons. The zero-order valence-corrected chi connectivity index (χ0v) is 14.5. The summed E-state index contributed by atoms with van der Waals surface area (Å²) in [5.41, 5.74) is 1.32.